The molecular formula is C14H14F2N4. The van der Waals surface area contributed by atoms with Gasteiger partial charge in [0.1, 0.15) is 23.0 Å². The molecule has 1 aromatic carbocycles. The maximum Gasteiger partial charge on any atom is 0.177 e. The molecule has 1 N–H and O–H groups in total. The molecule has 0 fully saturated rings. The number of aromatic amines is 1. The van der Waals surface area contributed by atoms with Crippen molar-refractivity contribution >= 4 is 11.2 Å². The van der Waals surface area contributed by atoms with Crippen molar-refractivity contribution in [2.24, 2.45) is 0 Å². The first-order valence-corrected chi connectivity index (χ1v) is 6.37. The van der Waals surface area contributed by atoms with Gasteiger partial charge in [0.15, 0.2) is 5.65 Å². The van der Waals surface area contributed by atoms with Gasteiger partial charge < -0.3 is 4.98 Å². The number of imidazole rings is 1. The molecule has 0 radical (unpaired) electrons. The molecule has 0 aliphatic rings. The van der Waals surface area contributed by atoms with Crippen molar-refractivity contribution in [1.82, 2.24) is 19.7 Å². The van der Waals surface area contributed by atoms with Gasteiger partial charge in [-0.3, -0.25) is 0 Å². The van der Waals surface area contributed by atoms with Crippen LogP contribution in [-0.2, 0) is 0 Å². The normalized spacial score (nSPS) is 11.7. The summed E-state index contributed by atoms with van der Waals surface area (Å²) in [4.78, 5) is 7.46. The minimum Gasteiger partial charge on any atom is -0.335 e. The number of fused-ring (bicyclic) bond motifs is 1. The van der Waals surface area contributed by atoms with Crippen molar-refractivity contribution in [3.05, 3.63) is 35.5 Å². The average Bonchev–Trinajstić information content (AvgIpc) is 2.90. The van der Waals surface area contributed by atoms with E-state index in [4.69, 9.17) is 0 Å². The van der Waals surface area contributed by atoms with E-state index >= 15 is 0 Å². The zero-order chi connectivity index (χ0) is 14.4. The predicted octanol–water partition coefficient (Wildman–Crippen LogP) is 3.59. The smallest absolute Gasteiger partial charge is 0.177 e. The molecule has 104 valence electrons. The fourth-order valence-corrected chi connectivity index (χ4v) is 2.21. The summed E-state index contributed by atoms with van der Waals surface area (Å²) in [5.41, 5.74) is 2.50. The van der Waals surface area contributed by atoms with Crippen LogP contribution in [0, 0.1) is 18.6 Å². The number of hydrogen-bond acceptors (Lipinski definition) is 2. The summed E-state index contributed by atoms with van der Waals surface area (Å²) < 4.78 is 28.5. The first kappa shape index (κ1) is 12.8. The van der Waals surface area contributed by atoms with Gasteiger partial charge in [0.05, 0.1) is 11.3 Å². The second-order valence-electron chi connectivity index (χ2n) is 5.03. The van der Waals surface area contributed by atoms with E-state index in [1.54, 1.807) is 4.68 Å². The average molecular weight is 276 g/mol. The second kappa shape index (κ2) is 4.40. The van der Waals surface area contributed by atoms with Crippen molar-refractivity contribution in [2.75, 3.05) is 0 Å². The van der Waals surface area contributed by atoms with Crippen LogP contribution in [0.15, 0.2) is 18.2 Å². The number of hydrogen-bond donors (Lipinski definition) is 1. The summed E-state index contributed by atoms with van der Waals surface area (Å²) in [5, 5.41) is 4.39. The topological polar surface area (TPSA) is 46.5 Å². The summed E-state index contributed by atoms with van der Waals surface area (Å²) in [5.74, 6) is -0.859. The molecule has 2 aromatic heterocycles. The van der Waals surface area contributed by atoms with Crippen LogP contribution < -0.4 is 0 Å². The number of benzene rings is 1. The molecule has 3 aromatic rings. The van der Waals surface area contributed by atoms with Crippen LogP contribution in [0.25, 0.3) is 22.6 Å². The number of nitrogens with zero attached hydrogens (tertiary/aromatic N) is 3. The lowest BCUT2D eigenvalue weighted by Crippen LogP contribution is -2.03. The Morgan fingerprint density at radius 3 is 2.65 bits per heavy atom. The summed E-state index contributed by atoms with van der Waals surface area (Å²) in [6.45, 7) is 5.86. The van der Waals surface area contributed by atoms with E-state index in [9.17, 15) is 8.78 Å². The Balaban J connectivity index is 2.20. The molecule has 0 unspecified atom stereocenters. The van der Waals surface area contributed by atoms with Crippen LogP contribution >= 0.6 is 0 Å². The van der Waals surface area contributed by atoms with Crippen molar-refractivity contribution in [3.8, 4) is 11.4 Å². The fourth-order valence-electron chi connectivity index (χ4n) is 2.21. The van der Waals surface area contributed by atoms with Crippen LogP contribution in [0.2, 0.25) is 0 Å². The Morgan fingerprint density at radius 2 is 2.00 bits per heavy atom. The van der Waals surface area contributed by atoms with E-state index in [0.717, 1.165) is 17.3 Å². The second-order valence-corrected chi connectivity index (χ2v) is 5.03. The molecule has 20 heavy (non-hydrogen) atoms. The monoisotopic (exact) mass is 276 g/mol. The Bertz CT molecular complexity index is 786. The van der Waals surface area contributed by atoms with Gasteiger partial charge in [-0.2, -0.15) is 5.10 Å². The van der Waals surface area contributed by atoms with Gasteiger partial charge in [0.2, 0.25) is 0 Å². The highest BCUT2D eigenvalue weighted by molar-refractivity contribution is 5.79. The molecule has 3 rings (SSSR count). The Kier molecular flexibility index (Phi) is 2.81. The fraction of sp³-hybridized carbons (Fsp3) is 0.286. The van der Waals surface area contributed by atoms with E-state index in [1.165, 1.54) is 12.1 Å². The molecule has 0 aliphatic carbocycles. The third kappa shape index (κ3) is 1.88. The van der Waals surface area contributed by atoms with Crippen LogP contribution in [0.5, 0.6) is 0 Å². The van der Waals surface area contributed by atoms with Crippen molar-refractivity contribution in [1.29, 1.82) is 0 Å². The van der Waals surface area contributed by atoms with E-state index in [-0.39, 0.29) is 11.6 Å². The van der Waals surface area contributed by atoms with Crippen molar-refractivity contribution < 1.29 is 8.78 Å². The van der Waals surface area contributed by atoms with Crippen molar-refractivity contribution in [3.63, 3.8) is 0 Å². The molecule has 0 saturated heterocycles. The molecule has 0 bridgehead atoms. The van der Waals surface area contributed by atoms with Crippen molar-refractivity contribution in [2.45, 2.75) is 26.8 Å². The number of aryl methyl sites for hydroxylation is 1. The number of H-pyrrole nitrogens is 1. The molecule has 0 aliphatic heterocycles. The van der Waals surface area contributed by atoms with Gasteiger partial charge in [-0.15, -0.1) is 0 Å². The van der Waals surface area contributed by atoms with E-state index in [1.807, 2.05) is 20.8 Å². The molecule has 0 saturated carbocycles. The molecule has 0 spiro atoms. The minimum absolute atomic E-state index is 0.153. The van der Waals surface area contributed by atoms with Gasteiger partial charge >= 0.3 is 0 Å². The number of nitrogens with one attached hydrogen (secondary N) is 1. The van der Waals surface area contributed by atoms with Crippen LogP contribution in [0.3, 0.4) is 0 Å². The molecule has 4 nitrogen and oxygen atoms in total. The van der Waals surface area contributed by atoms with E-state index < -0.39 is 11.6 Å². The van der Waals surface area contributed by atoms with Gasteiger partial charge in [0, 0.05) is 12.1 Å². The minimum atomic E-state index is -0.636. The summed E-state index contributed by atoms with van der Waals surface area (Å²) in [6, 6.07) is 3.60. The maximum atomic E-state index is 13.8. The van der Waals surface area contributed by atoms with Gasteiger partial charge in [-0.25, -0.2) is 18.4 Å². The lowest BCUT2D eigenvalue weighted by Gasteiger charge is -2.04. The number of rotatable bonds is 2. The molecule has 0 atom stereocenters. The first-order chi connectivity index (χ1) is 9.47. The standard InChI is InChI=1S/C14H14F2N4/c1-7(2)20-14-12(8(3)19-20)17-13(18-14)10-5-4-9(15)6-11(10)16/h4-7H,1-3H3,(H,17,18). The maximum absolute atomic E-state index is 13.8. The highest BCUT2D eigenvalue weighted by Crippen LogP contribution is 2.26. The lowest BCUT2D eigenvalue weighted by molar-refractivity contribution is 0.543. The molecule has 0 amide bonds. The number of halogens is 2. The van der Waals surface area contributed by atoms with Gasteiger partial charge in [-0.05, 0) is 32.9 Å². The largest absolute Gasteiger partial charge is 0.335 e. The molecule has 2 heterocycles. The van der Waals surface area contributed by atoms with Gasteiger partial charge in [0.25, 0.3) is 0 Å². The van der Waals surface area contributed by atoms with Crippen LogP contribution in [0.4, 0.5) is 8.78 Å². The molecular weight excluding hydrogens is 262 g/mol. The SMILES string of the molecule is Cc1nn(C(C)C)c2nc(-c3ccc(F)cc3F)[nH]c12. The first-order valence-electron chi connectivity index (χ1n) is 6.37. The number of aromatic nitrogens is 4. The quantitative estimate of drug-likeness (QED) is 0.777. The lowest BCUT2D eigenvalue weighted by atomic mass is 10.2. The third-order valence-corrected chi connectivity index (χ3v) is 3.20. The van der Waals surface area contributed by atoms with E-state index in [0.29, 0.717) is 11.5 Å². The molecule has 6 heteroatoms. The third-order valence-electron chi connectivity index (χ3n) is 3.20. The summed E-state index contributed by atoms with van der Waals surface area (Å²) >= 11 is 0. The zero-order valence-electron chi connectivity index (χ0n) is 11.4. The summed E-state index contributed by atoms with van der Waals surface area (Å²) in [6.07, 6.45) is 0. The highest BCUT2D eigenvalue weighted by Gasteiger charge is 2.17. The van der Waals surface area contributed by atoms with Crippen LogP contribution in [-0.4, -0.2) is 19.7 Å². The van der Waals surface area contributed by atoms with E-state index in [2.05, 4.69) is 15.1 Å². The Labute approximate surface area is 114 Å². The van der Waals surface area contributed by atoms with Crippen LogP contribution in [0.1, 0.15) is 25.6 Å². The highest BCUT2D eigenvalue weighted by atomic mass is 19.1. The predicted molar refractivity (Wildman–Crippen MR) is 72.4 cm³/mol. The van der Waals surface area contributed by atoms with Gasteiger partial charge in [-0.1, -0.05) is 0 Å². The Morgan fingerprint density at radius 1 is 1.25 bits per heavy atom. The zero-order valence-corrected chi connectivity index (χ0v) is 11.4. The Hall–Kier alpha value is -2.24. The summed E-state index contributed by atoms with van der Waals surface area (Å²) in [7, 11) is 0.